The summed E-state index contributed by atoms with van der Waals surface area (Å²) in [6, 6.07) is 10.5. The van der Waals surface area contributed by atoms with Crippen molar-refractivity contribution in [3.63, 3.8) is 0 Å². The second-order valence-electron chi connectivity index (χ2n) is 4.97. The number of aldehydes is 1. The highest BCUT2D eigenvalue weighted by Crippen LogP contribution is 2.30. The zero-order valence-corrected chi connectivity index (χ0v) is 11.8. The van der Waals surface area contributed by atoms with Crippen molar-refractivity contribution in [3.05, 3.63) is 53.3 Å². The van der Waals surface area contributed by atoms with Crippen LogP contribution in [-0.2, 0) is 0 Å². The van der Waals surface area contributed by atoms with Crippen LogP contribution in [0.2, 0.25) is 0 Å². The second kappa shape index (κ2) is 5.87. The van der Waals surface area contributed by atoms with Gasteiger partial charge >= 0.3 is 0 Å². The number of benzene rings is 2. The van der Waals surface area contributed by atoms with E-state index in [9.17, 15) is 9.18 Å². The highest BCUT2D eigenvalue weighted by molar-refractivity contribution is 5.83. The van der Waals surface area contributed by atoms with Gasteiger partial charge in [-0.15, -0.1) is 0 Å². The molecule has 0 bridgehead atoms. The van der Waals surface area contributed by atoms with E-state index in [0.29, 0.717) is 23.3 Å². The standard InChI is InChI=1S/C17H17FO2/c1-11(2)12-4-6-13(7-5-12)15-8-14(10-19)17(20-3)9-16(15)18/h4-11H,1-3H3. The first-order chi connectivity index (χ1) is 9.56. The summed E-state index contributed by atoms with van der Waals surface area (Å²) in [6.07, 6.45) is 0.671. The molecule has 20 heavy (non-hydrogen) atoms. The molecule has 3 heteroatoms. The Morgan fingerprint density at radius 3 is 2.30 bits per heavy atom. The molecule has 0 fully saturated rings. The van der Waals surface area contributed by atoms with Gasteiger partial charge in [-0.05, 0) is 23.1 Å². The van der Waals surface area contributed by atoms with Crippen molar-refractivity contribution in [2.75, 3.05) is 7.11 Å². The monoisotopic (exact) mass is 272 g/mol. The van der Waals surface area contributed by atoms with Gasteiger partial charge in [0.25, 0.3) is 0 Å². The smallest absolute Gasteiger partial charge is 0.153 e. The minimum atomic E-state index is -0.398. The Labute approximate surface area is 118 Å². The van der Waals surface area contributed by atoms with E-state index in [4.69, 9.17) is 4.74 Å². The number of rotatable bonds is 4. The Kier molecular flexibility index (Phi) is 4.18. The molecule has 0 unspecified atom stereocenters. The Morgan fingerprint density at radius 1 is 1.15 bits per heavy atom. The molecule has 2 aromatic carbocycles. The van der Waals surface area contributed by atoms with Gasteiger partial charge in [0.15, 0.2) is 6.29 Å². The number of halogens is 1. The minimum Gasteiger partial charge on any atom is -0.496 e. The van der Waals surface area contributed by atoms with E-state index in [1.54, 1.807) is 0 Å². The largest absolute Gasteiger partial charge is 0.496 e. The summed E-state index contributed by atoms with van der Waals surface area (Å²) in [5.41, 5.74) is 2.69. The van der Waals surface area contributed by atoms with Crippen LogP contribution in [0, 0.1) is 5.82 Å². The molecule has 2 aromatic rings. The van der Waals surface area contributed by atoms with Gasteiger partial charge < -0.3 is 4.74 Å². The maximum absolute atomic E-state index is 14.1. The zero-order valence-electron chi connectivity index (χ0n) is 11.8. The lowest BCUT2D eigenvalue weighted by atomic mass is 9.97. The highest BCUT2D eigenvalue weighted by atomic mass is 19.1. The molecule has 0 aliphatic rings. The maximum atomic E-state index is 14.1. The molecule has 0 N–H and O–H groups in total. The molecule has 2 nitrogen and oxygen atoms in total. The summed E-state index contributed by atoms with van der Waals surface area (Å²) in [4.78, 5) is 11.0. The Morgan fingerprint density at radius 2 is 1.80 bits per heavy atom. The van der Waals surface area contributed by atoms with Gasteiger partial charge in [-0.25, -0.2) is 4.39 Å². The summed E-state index contributed by atoms with van der Waals surface area (Å²) in [6.45, 7) is 4.21. The maximum Gasteiger partial charge on any atom is 0.153 e. The van der Waals surface area contributed by atoms with Gasteiger partial charge in [-0.3, -0.25) is 4.79 Å². The lowest BCUT2D eigenvalue weighted by Gasteiger charge is -2.10. The lowest BCUT2D eigenvalue weighted by Crippen LogP contribution is -1.95. The van der Waals surface area contributed by atoms with Crippen molar-refractivity contribution in [2.24, 2.45) is 0 Å². The van der Waals surface area contributed by atoms with Crippen LogP contribution in [0.4, 0.5) is 4.39 Å². The van der Waals surface area contributed by atoms with Gasteiger partial charge in [-0.1, -0.05) is 38.1 Å². The van der Waals surface area contributed by atoms with Crippen LogP contribution < -0.4 is 4.74 Å². The van der Waals surface area contributed by atoms with Crippen LogP contribution in [0.15, 0.2) is 36.4 Å². The van der Waals surface area contributed by atoms with E-state index in [0.717, 1.165) is 5.56 Å². The van der Waals surface area contributed by atoms with Gasteiger partial charge in [-0.2, -0.15) is 0 Å². The van der Waals surface area contributed by atoms with E-state index in [1.807, 2.05) is 24.3 Å². The average Bonchev–Trinajstić information content (AvgIpc) is 2.47. The molecule has 0 aromatic heterocycles. The summed E-state index contributed by atoms with van der Waals surface area (Å²) in [5.74, 6) is 0.278. The molecule has 104 valence electrons. The topological polar surface area (TPSA) is 26.3 Å². The molecule has 0 aliphatic carbocycles. The van der Waals surface area contributed by atoms with Crippen LogP contribution in [-0.4, -0.2) is 13.4 Å². The van der Waals surface area contributed by atoms with Crippen molar-refractivity contribution >= 4 is 6.29 Å². The summed E-state index contributed by atoms with van der Waals surface area (Å²) >= 11 is 0. The molecule has 2 rings (SSSR count). The van der Waals surface area contributed by atoms with Gasteiger partial charge in [0.2, 0.25) is 0 Å². The van der Waals surface area contributed by atoms with Gasteiger partial charge in [0.1, 0.15) is 11.6 Å². The molecule has 0 amide bonds. The molecule has 0 spiro atoms. The Hall–Kier alpha value is -2.16. The normalized spacial score (nSPS) is 10.7. The number of hydrogen-bond acceptors (Lipinski definition) is 2. The predicted octanol–water partition coefficient (Wildman–Crippen LogP) is 4.44. The number of ether oxygens (including phenoxy) is 1. The lowest BCUT2D eigenvalue weighted by molar-refractivity contribution is 0.112. The molecule has 0 aliphatic heterocycles. The van der Waals surface area contributed by atoms with Crippen molar-refractivity contribution in [1.29, 1.82) is 0 Å². The molecular formula is C17H17FO2. The summed E-state index contributed by atoms with van der Waals surface area (Å²) < 4.78 is 19.1. The zero-order chi connectivity index (χ0) is 14.7. The minimum absolute atomic E-state index is 0.250. The Bertz CT molecular complexity index is 616. The fraction of sp³-hybridized carbons (Fsp3) is 0.235. The summed E-state index contributed by atoms with van der Waals surface area (Å²) in [5, 5.41) is 0. The SMILES string of the molecule is COc1cc(F)c(-c2ccc(C(C)C)cc2)cc1C=O. The van der Waals surface area contributed by atoms with E-state index >= 15 is 0 Å². The Balaban J connectivity index is 2.49. The fourth-order valence-corrected chi connectivity index (χ4v) is 2.11. The highest BCUT2D eigenvalue weighted by Gasteiger charge is 2.12. The fourth-order valence-electron chi connectivity index (χ4n) is 2.11. The first kappa shape index (κ1) is 14.3. The summed E-state index contributed by atoms with van der Waals surface area (Å²) in [7, 11) is 1.42. The van der Waals surface area contributed by atoms with E-state index in [-0.39, 0.29) is 5.75 Å². The van der Waals surface area contributed by atoms with Crippen molar-refractivity contribution in [2.45, 2.75) is 19.8 Å². The first-order valence-corrected chi connectivity index (χ1v) is 6.50. The molecule has 0 atom stereocenters. The number of methoxy groups -OCH3 is 1. The quantitative estimate of drug-likeness (QED) is 0.769. The van der Waals surface area contributed by atoms with E-state index < -0.39 is 5.82 Å². The van der Waals surface area contributed by atoms with Gasteiger partial charge in [0.05, 0.1) is 12.7 Å². The molecule has 0 radical (unpaired) electrons. The number of hydrogen-bond donors (Lipinski definition) is 0. The van der Waals surface area contributed by atoms with Crippen LogP contribution in [0.5, 0.6) is 5.75 Å². The van der Waals surface area contributed by atoms with E-state index in [1.165, 1.54) is 24.8 Å². The van der Waals surface area contributed by atoms with Crippen LogP contribution in [0.1, 0.15) is 35.7 Å². The van der Waals surface area contributed by atoms with Crippen LogP contribution >= 0.6 is 0 Å². The van der Waals surface area contributed by atoms with Crippen molar-refractivity contribution in [3.8, 4) is 16.9 Å². The molecule has 0 saturated carbocycles. The average molecular weight is 272 g/mol. The third kappa shape index (κ3) is 2.72. The van der Waals surface area contributed by atoms with Crippen LogP contribution in [0.25, 0.3) is 11.1 Å². The van der Waals surface area contributed by atoms with Crippen molar-refractivity contribution in [1.82, 2.24) is 0 Å². The first-order valence-electron chi connectivity index (χ1n) is 6.50. The van der Waals surface area contributed by atoms with Gasteiger partial charge in [0, 0.05) is 11.6 Å². The van der Waals surface area contributed by atoms with Crippen molar-refractivity contribution < 1.29 is 13.9 Å². The molecule has 0 saturated heterocycles. The third-order valence-electron chi connectivity index (χ3n) is 3.33. The number of carbonyl (C=O) groups is 1. The predicted molar refractivity (Wildman–Crippen MR) is 77.9 cm³/mol. The third-order valence-corrected chi connectivity index (χ3v) is 3.33. The second-order valence-corrected chi connectivity index (χ2v) is 4.97. The molecule has 0 heterocycles. The molecular weight excluding hydrogens is 255 g/mol. The number of carbonyl (C=O) groups excluding carboxylic acids is 1. The van der Waals surface area contributed by atoms with E-state index in [2.05, 4.69) is 13.8 Å². The van der Waals surface area contributed by atoms with Crippen LogP contribution in [0.3, 0.4) is 0 Å².